The fourth-order valence-electron chi connectivity index (χ4n) is 2.33. The first-order valence-corrected chi connectivity index (χ1v) is 5.32. The Balaban J connectivity index is 2.06. The van der Waals surface area contributed by atoms with E-state index in [1.807, 2.05) is 6.07 Å². The lowest BCUT2D eigenvalue weighted by Crippen LogP contribution is -2.34. The van der Waals surface area contributed by atoms with E-state index >= 15 is 0 Å². The molecule has 5 nitrogen and oxygen atoms in total. The van der Waals surface area contributed by atoms with Crippen LogP contribution in [0.15, 0.2) is 6.20 Å². The predicted octanol–water partition coefficient (Wildman–Crippen LogP) is 0.884. The largest absolute Gasteiger partial charge is 0.381 e. The zero-order valence-corrected chi connectivity index (χ0v) is 8.77. The summed E-state index contributed by atoms with van der Waals surface area (Å²) in [5.41, 5.74) is 1.56. The zero-order chi connectivity index (χ0) is 11.0. The third kappa shape index (κ3) is 1.31. The van der Waals surface area contributed by atoms with Gasteiger partial charge in [-0.1, -0.05) is 0 Å². The summed E-state index contributed by atoms with van der Waals surface area (Å²) in [7, 11) is 0. The molecular weight excluding hydrogens is 206 g/mol. The number of nitrogens with zero attached hydrogens (tertiary/aromatic N) is 3. The quantitative estimate of drug-likeness (QED) is 0.645. The molecule has 1 aromatic heterocycles. The van der Waals surface area contributed by atoms with E-state index in [2.05, 4.69) is 9.97 Å². The van der Waals surface area contributed by atoms with Crippen molar-refractivity contribution < 1.29 is 9.47 Å². The van der Waals surface area contributed by atoms with E-state index in [4.69, 9.17) is 14.7 Å². The van der Waals surface area contributed by atoms with Gasteiger partial charge >= 0.3 is 0 Å². The third-order valence-electron chi connectivity index (χ3n) is 3.20. The summed E-state index contributed by atoms with van der Waals surface area (Å²) in [6, 6.07) is 1.97. The molecule has 3 heterocycles. The Kier molecular flexibility index (Phi) is 2.13. The van der Waals surface area contributed by atoms with Crippen LogP contribution in [0.1, 0.15) is 29.9 Å². The molecule has 0 radical (unpaired) electrons. The van der Waals surface area contributed by atoms with Gasteiger partial charge in [-0.15, -0.1) is 0 Å². The minimum Gasteiger partial charge on any atom is -0.381 e. The summed E-state index contributed by atoms with van der Waals surface area (Å²) in [6.45, 7) is 1.91. The first-order valence-electron chi connectivity index (χ1n) is 5.32. The van der Waals surface area contributed by atoms with Crippen LogP contribution < -0.4 is 0 Å². The number of rotatable bonds is 0. The molecule has 2 aliphatic rings. The second-order valence-corrected chi connectivity index (χ2v) is 4.07. The van der Waals surface area contributed by atoms with Crippen LogP contribution in [-0.4, -0.2) is 23.2 Å². The molecule has 2 aliphatic heterocycles. The van der Waals surface area contributed by atoms with Crippen molar-refractivity contribution in [3.63, 3.8) is 0 Å². The van der Waals surface area contributed by atoms with Gasteiger partial charge in [-0.05, 0) is 0 Å². The molecule has 0 saturated carbocycles. The van der Waals surface area contributed by atoms with Gasteiger partial charge in [0.15, 0.2) is 0 Å². The van der Waals surface area contributed by atoms with Crippen molar-refractivity contribution in [2.75, 3.05) is 13.2 Å². The van der Waals surface area contributed by atoms with Gasteiger partial charge in [-0.25, -0.2) is 9.97 Å². The summed E-state index contributed by atoms with van der Waals surface area (Å²) >= 11 is 0. The van der Waals surface area contributed by atoms with Crippen LogP contribution in [0.25, 0.3) is 0 Å². The lowest BCUT2D eigenvalue weighted by Gasteiger charge is -2.32. The Morgan fingerprint density at radius 3 is 2.94 bits per heavy atom. The number of nitriles is 1. The van der Waals surface area contributed by atoms with Gasteiger partial charge in [0.05, 0.1) is 12.3 Å². The highest BCUT2D eigenvalue weighted by Gasteiger charge is 2.43. The van der Waals surface area contributed by atoms with Gasteiger partial charge in [-0.3, -0.25) is 0 Å². The SMILES string of the molecule is N#Cc1ncc2c(n1)C1(CCOCC1)OC2. The van der Waals surface area contributed by atoms with Crippen LogP contribution in [0.3, 0.4) is 0 Å². The summed E-state index contributed by atoms with van der Waals surface area (Å²) in [5, 5.41) is 8.82. The normalized spacial score (nSPS) is 21.7. The molecule has 1 fully saturated rings. The molecule has 0 amide bonds. The minimum absolute atomic E-state index is 0.218. The second-order valence-electron chi connectivity index (χ2n) is 4.07. The molecule has 0 atom stereocenters. The fourth-order valence-corrected chi connectivity index (χ4v) is 2.33. The predicted molar refractivity (Wildman–Crippen MR) is 53.3 cm³/mol. The third-order valence-corrected chi connectivity index (χ3v) is 3.20. The molecule has 16 heavy (non-hydrogen) atoms. The van der Waals surface area contributed by atoms with Crippen LogP contribution >= 0.6 is 0 Å². The average Bonchev–Trinajstić information content (AvgIpc) is 2.69. The maximum atomic E-state index is 8.82. The fraction of sp³-hybridized carbons (Fsp3) is 0.545. The molecular formula is C11H11N3O2. The number of hydrogen-bond acceptors (Lipinski definition) is 5. The van der Waals surface area contributed by atoms with E-state index in [0.29, 0.717) is 19.8 Å². The molecule has 1 aromatic rings. The lowest BCUT2D eigenvalue weighted by molar-refractivity contribution is -0.109. The maximum absolute atomic E-state index is 8.82. The summed E-state index contributed by atoms with van der Waals surface area (Å²) < 4.78 is 11.2. The Morgan fingerprint density at radius 1 is 1.38 bits per heavy atom. The van der Waals surface area contributed by atoms with Crippen molar-refractivity contribution in [3.8, 4) is 6.07 Å². The van der Waals surface area contributed by atoms with Crippen LogP contribution in [0.5, 0.6) is 0 Å². The molecule has 0 bridgehead atoms. The van der Waals surface area contributed by atoms with Gasteiger partial charge in [0.2, 0.25) is 5.82 Å². The topological polar surface area (TPSA) is 68.0 Å². The first-order chi connectivity index (χ1) is 7.84. The van der Waals surface area contributed by atoms with E-state index in [9.17, 15) is 0 Å². The van der Waals surface area contributed by atoms with Crippen LogP contribution in [-0.2, 0) is 21.7 Å². The van der Waals surface area contributed by atoms with E-state index < -0.39 is 0 Å². The van der Waals surface area contributed by atoms with Gasteiger partial charge in [0.25, 0.3) is 0 Å². The van der Waals surface area contributed by atoms with Crippen molar-refractivity contribution in [2.24, 2.45) is 0 Å². The summed E-state index contributed by atoms with van der Waals surface area (Å²) in [5.74, 6) is 0.218. The minimum atomic E-state index is -0.331. The van der Waals surface area contributed by atoms with Gasteiger partial charge in [-0.2, -0.15) is 5.26 Å². The van der Waals surface area contributed by atoms with E-state index in [-0.39, 0.29) is 11.4 Å². The highest BCUT2D eigenvalue weighted by molar-refractivity contribution is 5.30. The second kappa shape index (κ2) is 3.51. The summed E-state index contributed by atoms with van der Waals surface area (Å²) in [4.78, 5) is 8.26. The van der Waals surface area contributed by atoms with Crippen molar-refractivity contribution in [2.45, 2.75) is 25.0 Å². The van der Waals surface area contributed by atoms with Gasteiger partial charge < -0.3 is 9.47 Å². The highest BCUT2D eigenvalue weighted by atomic mass is 16.5. The molecule has 82 valence electrons. The maximum Gasteiger partial charge on any atom is 0.232 e. The molecule has 5 heteroatoms. The Morgan fingerprint density at radius 2 is 2.19 bits per heavy atom. The van der Waals surface area contributed by atoms with Crippen LogP contribution in [0.2, 0.25) is 0 Å². The number of hydrogen-bond donors (Lipinski definition) is 0. The number of aromatic nitrogens is 2. The van der Waals surface area contributed by atoms with Gasteiger partial charge in [0.1, 0.15) is 11.7 Å². The zero-order valence-electron chi connectivity index (χ0n) is 8.77. The Hall–Kier alpha value is -1.51. The molecule has 0 N–H and O–H groups in total. The van der Waals surface area contributed by atoms with Gasteiger partial charge in [0, 0.05) is 37.8 Å². The molecule has 3 rings (SSSR count). The van der Waals surface area contributed by atoms with E-state index in [1.54, 1.807) is 6.20 Å². The van der Waals surface area contributed by atoms with E-state index in [1.165, 1.54) is 0 Å². The monoisotopic (exact) mass is 217 g/mol. The lowest BCUT2D eigenvalue weighted by atomic mass is 9.90. The summed E-state index contributed by atoms with van der Waals surface area (Å²) in [6.07, 6.45) is 3.31. The molecule has 0 unspecified atom stereocenters. The standard InChI is InChI=1S/C11H11N3O2/c12-5-9-13-6-8-7-16-11(10(8)14-9)1-3-15-4-2-11/h6H,1-4,7H2. The van der Waals surface area contributed by atoms with E-state index in [0.717, 1.165) is 24.1 Å². The van der Waals surface area contributed by atoms with Crippen molar-refractivity contribution >= 4 is 0 Å². The number of fused-ring (bicyclic) bond motifs is 2. The average molecular weight is 217 g/mol. The van der Waals surface area contributed by atoms with Crippen LogP contribution in [0.4, 0.5) is 0 Å². The molecule has 1 spiro atoms. The molecule has 1 saturated heterocycles. The molecule has 0 aromatic carbocycles. The Bertz CT molecular complexity index is 455. The van der Waals surface area contributed by atoms with Crippen molar-refractivity contribution in [3.05, 3.63) is 23.3 Å². The smallest absolute Gasteiger partial charge is 0.232 e. The van der Waals surface area contributed by atoms with Crippen LogP contribution in [0, 0.1) is 11.3 Å². The van der Waals surface area contributed by atoms with Crippen molar-refractivity contribution in [1.82, 2.24) is 9.97 Å². The van der Waals surface area contributed by atoms with Crippen molar-refractivity contribution in [1.29, 1.82) is 5.26 Å². The Labute approximate surface area is 93.0 Å². The number of ether oxygens (including phenoxy) is 2. The first kappa shape index (κ1) is 9.70. The highest BCUT2D eigenvalue weighted by Crippen LogP contribution is 2.42. The molecule has 0 aliphatic carbocycles.